The van der Waals surface area contributed by atoms with Crippen LogP contribution in [-0.2, 0) is 11.2 Å². The molecule has 0 aromatic heterocycles. The molecule has 3 heteroatoms. The van der Waals surface area contributed by atoms with Crippen LogP contribution in [0.4, 0.5) is 4.39 Å². The first kappa shape index (κ1) is 17.0. The fourth-order valence-electron chi connectivity index (χ4n) is 3.38. The zero-order chi connectivity index (χ0) is 17.4. The zero-order valence-corrected chi connectivity index (χ0v) is 15.2. The van der Waals surface area contributed by atoms with Crippen molar-refractivity contribution in [2.24, 2.45) is 5.92 Å². The second-order valence-corrected chi connectivity index (χ2v) is 7.84. The maximum atomic E-state index is 13.7. The van der Waals surface area contributed by atoms with E-state index >= 15 is 0 Å². The Labute approximate surface area is 146 Å². The second kappa shape index (κ2) is 6.58. The summed E-state index contributed by atoms with van der Waals surface area (Å²) in [5, 5.41) is 0. The summed E-state index contributed by atoms with van der Waals surface area (Å²) >= 11 is -0.971. The summed E-state index contributed by atoms with van der Waals surface area (Å²) < 4.78 is 25.2. The SMILES string of the molecule is CC1=C(C(C)C)c2cc(F)ccc2/C1=C\c1ccc([S+](C)[O-])cc1. The summed E-state index contributed by atoms with van der Waals surface area (Å²) in [5.74, 6) is 0.136. The van der Waals surface area contributed by atoms with Crippen molar-refractivity contribution in [3.63, 3.8) is 0 Å². The van der Waals surface area contributed by atoms with Crippen LogP contribution < -0.4 is 0 Å². The Bertz CT molecular complexity index is 829. The van der Waals surface area contributed by atoms with Crippen LogP contribution in [0.25, 0.3) is 17.2 Å². The van der Waals surface area contributed by atoms with Gasteiger partial charge in [0.05, 0.1) is 0 Å². The van der Waals surface area contributed by atoms with Gasteiger partial charge < -0.3 is 4.55 Å². The molecule has 0 N–H and O–H groups in total. The van der Waals surface area contributed by atoms with E-state index in [1.54, 1.807) is 12.3 Å². The third kappa shape index (κ3) is 3.06. The molecule has 1 aliphatic rings. The smallest absolute Gasteiger partial charge is 0.152 e. The highest BCUT2D eigenvalue weighted by Gasteiger charge is 2.25. The van der Waals surface area contributed by atoms with Crippen LogP contribution >= 0.6 is 0 Å². The third-order valence-electron chi connectivity index (χ3n) is 4.47. The number of benzene rings is 2. The number of hydrogen-bond donors (Lipinski definition) is 0. The van der Waals surface area contributed by atoms with E-state index in [9.17, 15) is 8.94 Å². The molecule has 1 unspecified atom stereocenters. The van der Waals surface area contributed by atoms with Crippen molar-refractivity contribution in [3.05, 3.63) is 70.5 Å². The molecule has 2 aromatic rings. The highest BCUT2D eigenvalue weighted by molar-refractivity contribution is 7.90. The van der Waals surface area contributed by atoms with Gasteiger partial charge >= 0.3 is 0 Å². The van der Waals surface area contributed by atoms with Gasteiger partial charge in [0.25, 0.3) is 0 Å². The van der Waals surface area contributed by atoms with E-state index in [0.717, 1.165) is 27.2 Å². The standard InChI is InChI=1S/C21H21FOS/c1-13(2)21-14(3)19(18-10-7-16(22)12-20(18)21)11-15-5-8-17(9-6-15)24(4)23/h5-13H,1-4H3/b19-11-. The molecule has 0 saturated heterocycles. The number of rotatable bonds is 3. The minimum Gasteiger partial charge on any atom is -0.612 e. The minimum atomic E-state index is -0.971. The zero-order valence-electron chi connectivity index (χ0n) is 14.4. The fourth-order valence-corrected chi connectivity index (χ4v) is 3.90. The van der Waals surface area contributed by atoms with Gasteiger partial charge in [-0.25, -0.2) is 4.39 Å². The van der Waals surface area contributed by atoms with Crippen LogP contribution in [0.15, 0.2) is 52.9 Å². The Hall–Kier alpha value is -1.84. The van der Waals surface area contributed by atoms with Crippen LogP contribution in [0.1, 0.15) is 37.5 Å². The van der Waals surface area contributed by atoms with Gasteiger partial charge in [-0.1, -0.05) is 19.9 Å². The third-order valence-corrected chi connectivity index (χ3v) is 5.41. The van der Waals surface area contributed by atoms with Gasteiger partial charge in [0, 0.05) is 0 Å². The average Bonchev–Trinajstić information content (AvgIpc) is 2.79. The highest BCUT2D eigenvalue weighted by atomic mass is 32.2. The molecule has 0 spiro atoms. The lowest BCUT2D eigenvalue weighted by molar-refractivity contribution is 0.601. The van der Waals surface area contributed by atoms with E-state index in [-0.39, 0.29) is 5.82 Å². The fraction of sp³-hybridized carbons (Fsp3) is 0.238. The molecule has 0 saturated carbocycles. The molecule has 0 radical (unpaired) electrons. The molecule has 0 heterocycles. The Morgan fingerprint density at radius 1 is 1.04 bits per heavy atom. The second-order valence-electron chi connectivity index (χ2n) is 6.46. The summed E-state index contributed by atoms with van der Waals surface area (Å²) in [7, 11) is 0. The predicted octanol–water partition coefficient (Wildman–Crippen LogP) is 5.55. The molecule has 1 nitrogen and oxygen atoms in total. The van der Waals surface area contributed by atoms with E-state index in [4.69, 9.17) is 0 Å². The summed E-state index contributed by atoms with van der Waals surface area (Å²) in [6.07, 6.45) is 3.81. The van der Waals surface area contributed by atoms with Crippen molar-refractivity contribution in [2.75, 3.05) is 6.26 Å². The summed E-state index contributed by atoms with van der Waals surface area (Å²) in [6, 6.07) is 12.8. The number of halogens is 1. The largest absolute Gasteiger partial charge is 0.612 e. The molecule has 0 bridgehead atoms. The summed E-state index contributed by atoms with van der Waals surface area (Å²) in [5.41, 5.74) is 6.69. The quantitative estimate of drug-likeness (QED) is 0.672. The molecule has 1 atom stereocenters. The topological polar surface area (TPSA) is 23.1 Å². The maximum absolute atomic E-state index is 13.7. The molecule has 1 aliphatic carbocycles. The lowest BCUT2D eigenvalue weighted by Gasteiger charge is -2.09. The normalized spacial score (nSPS) is 16.9. The van der Waals surface area contributed by atoms with Crippen molar-refractivity contribution in [2.45, 2.75) is 25.7 Å². The van der Waals surface area contributed by atoms with Gasteiger partial charge in [0.2, 0.25) is 0 Å². The van der Waals surface area contributed by atoms with Gasteiger partial charge in [-0.05, 0) is 99.9 Å². The molecule has 2 aromatic carbocycles. The lowest BCUT2D eigenvalue weighted by Crippen LogP contribution is -1.96. The molecule has 3 rings (SSSR count). The van der Waals surface area contributed by atoms with E-state index in [1.165, 1.54) is 17.2 Å². The Kier molecular flexibility index (Phi) is 4.66. The molecule has 0 aliphatic heterocycles. The molecular weight excluding hydrogens is 319 g/mol. The Morgan fingerprint density at radius 3 is 2.29 bits per heavy atom. The number of hydrogen-bond acceptors (Lipinski definition) is 1. The van der Waals surface area contributed by atoms with Crippen molar-refractivity contribution in [1.82, 2.24) is 0 Å². The monoisotopic (exact) mass is 340 g/mol. The van der Waals surface area contributed by atoms with Gasteiger partial charge in [-0.3, -0.25) is 0 Å². The van der Waals surface area contributed by atoms with Crippen molar-refractivity contribution in [1.29, 1.82) is 0 Å². The first-order valence-corrected chi connectivity index (χ1v) is 9.61. The van der Waals surface area contributed by atoms with Gasteiger partial charge in [0.15, 0.2) is 4.90 Å². The van der Waals surface area contributed by atoms with Crippen molar-refractivity contribution in [3.8, 4) is 0 Å². The van der Waals surface area contributed by atoms with Crippen LogP contribution in [0.5, 0.6) is 0 Å². The van der Waals surface area contributed by atoms with Gasteiger partial charge in [0.1, 0.15) is 12.1 Å². The van der Waals surface area contributed by atoms with E-state index in [1.807, 2.05) is 30.3 Å². The molecule has 0 fully saturated rings. The number of fused-ring (bicyclic) bond motifs is 1. The maximum Gasteiger partial charge on any atom is 0.152 e. The highest BCUT2D eigenvalue weighted by Crippen LogP contribution is 2.45. The van der Waals surface area contributed by atoms with E-state index in [0.29, 0.717) is 5.92 Å². The van der Waals surface area contributed by atoms with E-state index < -0.39 is 11.2 Å². The molecule has 124 valence electrons. The molecule has 0 amide bonds. The van der Waals surface area contributed by atoms with Crippen LogP contribution in [0.2, 0.25) is 0 Å². The van der Waals surface area contributed by atoms with Crippen LogP contribution in [0, 0.1) is 11.7 Å². The van der Waals surface area contributed by atoms with E-state index in [2.05, 4.69) is 26.8 Å². The lowest BCUT2D eigenvalue weighted by atomic mass is 9.95. The van der Waals surface area contributed by atoms with Crippen LogP contribution in [-0.4, -0.2) is 10.8 Å². The summed E-state index contributed by atoms with van der Waals surface area (Å²) in [4.78, 5) is 0.821. The van der Waals surface area contributed by atoms with Crippen molar-refractivity contribution >= 4 is 28.4 Å². The number of allylic oxidation sites excluding steroid dienone is 3. The van der Waals surface area contributed by atoms with Gasteiger partial charge in [-0.15, -0.1) is 0 Å². The first-order chi connectivity index (χ1) is 11.4. The van der Waals surface area contributed by atoms with Crippen LogP contribution in [0.3, 0.4) is 0 Å². The van der Waals surface area contributed by atoms with Gasteiger partial charge in [-0.2, -0.15) is 0 Å². The Morgan fingerprint density at radius 2 is 1.71 bits per heavy atom. The first-order valence-electron chi connectivity index (χ1n) is 8.05. The average molecular weight is 340 g/mol. The Balaban J connectivity index is 2.10. The summed E-state index contributed by atoms with van der Waals surface area (Å²) in [6.45, 7) is 6.39. The predicted molar refractivity (Wildman–Crippen MR) is 100 cm³/mol. The molecule has 24 heavy (non-hydrogen) atoms. The molecular formula is C21H21FOS. The minimum absolute atomic E-state index is 0.198. The van der Waals surface area contributed by atoms with Crippen molar-refractivity contribution < 1.29 is 8.94 Å².